The number of aryl methyl sites for hydroxylation is 1. The maximum absolute atomic E-state index is 12.7. The lowest BCUT2D eigenvalue weighted by Gasteiger charge is -2.22. The van der Waals surface area contributed by atoms with Gasteiger partial charge < -0.3 is 4.79 Å². The molecule has 3 rings (SSSR count). The van der Waals surface area contributed by atoms with Crippen molar-refractivity contribution in [1.29, 1.82) is 0 Å². The highest BCUT2D eigenvalue weighted by Crippen LogP contribution is 2.44. The van der Waals surface area contributed by atoms with Crippen molar-refractivity contribution in [3.63, 3.8) is 0 Å². The van der Waals surface area contributed by atoms with Gasteiger partial charge in [-0.05, 0) is 38.3 Å². The Morgan fingerprint density at radius 1 is 1.21 bits per heavy atom. The zero-order valence-corrected chi connectivity index (χ0v) is 11.6. The van der Waals surface area contributed by atoms with Crippen LogP contribution in [0, 0.1) is 12.8 Å². The minimum Gasteiger partial charge on any atom is -0.303 e. The number of rotatable bonds is 3. The van der Waals surface area contributed by atoms with Gasteiger partial charge in [-0.15, -0.1) is 0 Å². The Kier molecular flexibility index (Phi) is 2.98. The van der Waals surface area contributed by atoms with Crippen LogP contribution in [0.5, 0.6) is 0 Å². The van der Waals surface area contributed by atoms with Crippen LogP contribution in [0.3, 0.4) is 0 Å². The molecule has 102 valence electrons. The molecule has 2 heterocycles. The normalized spacial score (nSPS) is 30.7. The second kappa shape index (κ2) is 4.42. The number of carbonyl (C=O) groups is 1. The third kappa shape index (κ3) is 1.92. The Morgan fingerprint density at radius 2 is 1.89 bits per heavy atom. The third-order valence-corrected chi connectivity index (χ3v) is 6.28. The van der Waals surface area contributed by atoms with Crippen LogP contribution in [-0.4, -0.2) is 31.1 Å². The van der Waals surface area contributed by atoms with E-state index in [0.29, 0.717) is 11.3 Å². The van der Waals surface area contributed by atoms with E-state index in [0.717, 1.165) is 24.7 Å². The fraction of sp³-hybridized carbons (Fsp3) is 0.500. The highest BCUT2D eigenvalue weighted by molar-refractivity contribution is 7.89. The van der Waals surface area contributed by atoms with E-state index in [9.17, 15) is 13.2 Å². The lowest BCUT2D eigenvalue weighted by molar-refractivity contribution is -0.111. The maximum atomic E-state index is 12.7. The Labute approximate surface area is 113 Å². The summed E-state index contributed by atoms with van der Waals surface area (Å²) in [6.07, 6.45) is 3.28. The Balaban J connectivity index is 1.98. The van der Waals surface area contributed by atoms with E-state index in [1.807, 2.05) is 19.1 Å². The molecular weight excluding hydrogens is 262 g/mol. The number of hydrogen-bond donors (Lipinski definition) is 0. The van der Waals surface area contributed by atoms with Crippen molar-refractivity contribution in [1.82, 2.24) is 4.31 Å². The minimum atomic E-state index is -3.46. The predicted octanol–water partition coefficient (Wildman–Crippen LogP) is 1.74. The Morgan fingerprint density at radius 3 is 2.47 bits per heavy atom. The van der Waals surface area contributed by atoms with Crippen LogP contribution >= 0.6 is 0 Å². The molecule has 2 aliphatic rings. The Bertz CT molecular complexity index is 594. The summed E-state index contributed by atoms with van der Waals surface area (Å²) in [6, 6.07) is 6.79. The van der Waals surface area contributed by atoms with Crippen molar-refractivity contribution in [2.45, 2.75) is 43.2 Å². The molecule has 4 nitrogen and oxygen atoms in total. The van der Waals surface area contributed by atoms with Crippen molar-refractivity contribution in [3.8, 4) is 0 Å². The van der Waals surface area contributed by atoms with E-state index in [1.54, 1.807) is 16.4 Å². The van der Waals surface area contributed by atoms with Gasteiger partial charge >= 0.3 is 0 Å². The zero-order valence-electron chi connectivity index (χ0n) is 10.8. The monoisotopic (exact) mass is 279 g/mol. The summed E-state index contributed by atoms with van der Waals surface area (Å²) >= 11 is 0. The quantitative estimate of drug-likeness (QED) is 0.792. The lowest BCUT2D eigenvalue weighted by Crippen LogP contribution is -2.36. The molecule has 0 unspecified atom stereocenters. The molecule has 2 bridgehead atoms. The molecular formula is C14H17NO3S. The molecule has 0 amide bonds. The van der Waals surface area contributed by atoms with Gasteiger partial charge in [0.15, 0.2) is 0 Å². The number of hydrogen-bond acceptors (Lipinski definition) is 3. The van der Waals surface area contributed by atoms with E-state index in [2.05, 4.69) is 0 Å². The number of benzene rings is 1. The van der Waals surface area contributed by atoms with E-state index >= 15 is 0 Å². The summed E-state index contributed by atoms with van der Waals surface area (Å²) in [6.45, 7) is 1.93. The molecule has 1 aromatic rings. The van der Waals surface area contributed by atoms with Gasteiger partial charge in [-0.1, -0.05) is 17.7 Å². The van der Waals surface area contributed by atoms with Crippen molar-refractivity contribution < 1.29 is 13.2 Å². The first-order valence-corrected chi connectivity index (χ1v) is 8.03. The molecule has 19 heavy (non-hydrogen) atoms. The number of sulfonamides is 1. The van der Waals surface area contributed by atoms with Crippen LogP contribution in [-0.2, 0) is 14.8 Å². The minimum absolute atomic E-state index is 0.00602. The van der Waals surface area contributed by atoms with Gasteiger partial charge in [-0.25, -0.2) is 8.42 Å². The van der Waals surface area contributed by atoms with Crippen LogP contribution < -0.4 is 0 Å². The van der Waals surface area contributed by atoms with Gasteiger partial charge in [0, 0.05) is 18.0 Å². The van der Waals surface area contributed by atoms with E-state index in [1.165, 1.54) is 0 Å². The molecule has 0 spiro atoms. The van der Waals surface area contributed by atoms with Gasteiger partial charge in [0.25, 0.3) is 0 Å². The number of carbonyl (C=O) groups excluding carboxylic acids is 1. The average Bonchev–Trinajstić information content (AvgIpc) is 2.97. The SMILES string of the molecule is Cc1ccc(S(=O)(=O)N2[C@@H]3CC[C@H]2[C@H](C=O)C3)cc1. The lowest BCUT2D eigenvalue weighted by atomic mass is 9.91. The van der Waals surface area contributed by atoms with Crippen molar-refractivity contribution in [3.05, 3.63) is 29.8 Å². The van der Waals surface area contributed by atoms with Gasteiger partial charge in [0.1, 0.15) is 6.29 Å². The topological polar surface area (TPSA) is 54.5 Å². The van der Waals surface area contributed by atoms with Crippen molar-refractivity contribution in [2.75, 3.05) is 0 Å². The predicted molar refractivity (Wildman–Crippen MR) is 71.2 cm³/mol. The van der Waals surface area contributed by atoms with E-state index in [4.69, 9.17) is 0 Å². The standard InChI is InChI=1S/C14H17NO3S/c1-10-2-5-13(6-3-10)19(17,18)15-12-4-7-14(15)11(8-12)9-16/h2-3,5-6,9,11-12,14H,4,7-8H2,1H3/t11-,12+,14-/m0/s1. The summed E-state index contributed by atoms with van der Waals surface area (Å²) in [4.78, 5) is 11.4. The van der Waals surface area contributed by atoms with Crippen molar-refractivity contribution >= 4 is 16.3 Å². The second-order valence-corrected chi connectivity index (χ2v) is 7.33. The molecule has 5 heteroatoms. The van der Waals surface area contributed by atoms with Crippen LogP contribution in [0.4, 0.5) is 0 Å². The summed E-state index contributed by atoms with van der Waals surface area (Å²) in [7, 11) is -3.46. The largest absolute Gasteiger partial charge is 0.303 e. The van der Waals surface area contributed by atoms with Gasteiger partial charge in [0.2, 0.25) is 10.0 Å². The zero-order chi connectivity index (χ0) is 13.6. The fourth-order valence-corrected chi connectivity index (χ4v) is 5.26. The molecule has 0 saturated carbocycles. The van der Waals surface area contributed by atoms with Crippen LogP contribution in [0.1, 0.15) is 24.8 Å². The number of aldehydes is 1. The van der Waals surface area contributed by atoms with Gasteiger partial charge in [0.05, 0.1) is 4.90 Å². The average molecular weight is 279 g/mol. The number of nitrogens with zero attached hydrogens (tertiary/aromatic N) is 1. The second-order valence-electron chi connectivity index (χ2n) is 5.48. The first kappa shape index (κ1) is 12.8. The van der Waals surface area contributed by atoms with E-state index < -0.39 is 10.0 Å². The number of fused-ring (bicyclic) bond motifs is 2. The molecule has 3 atom stereocenters. The van der Waals surface area contributed by atoms with Crippen molar-refractivity contribution in [2.24, 2.45) is 5.92 Å². The summed E-state index contributed by atoms with van der Waals surface area (Å²) < 4.78 is 26.9. The summed E-state index contributed by atoms with van der Waals surface area (Å²) in [5.41, 5.74) is 1.04. The fourth-order valence-electron chi connectivity index (χ4n) is 3.34. The Hall–Kier alpha value is -1.20. The molecule has 0 radical (unpaired) electrons. The van der Waals surface area contributed by atoms with Crippen LogP contribution in [0.2, 0.25) is 0 Å². The maximum Gasteiger partial charge on any atom is 0.243 e. The first-order chi connectivity index (χ1) is 9.04. The highest BCUT2D eigenvalue weighted by Gasteiger charge is 2.51. The summed E-state index contributed by atoms with van der Waals surface area (Å²) in [5, 5.41) is 0. The molecule has 0 N–H and O–H groups in total. The van der Waals surface area contributed by atoms with Gasteiger partial charge in [-0.2, -0.15) is 4.31 Å². The first-order valence-electron chi connectivity index (χ1n) is 6.59. The molecule has 2 fully saturated rings. The summed E-state index contributed by atoms with van der Waals surface area (Å²) in [5.74, 6) is -0.126. The van der Waals surface area contributed by atoms with E-state index in [-0.39, 0.29) is 18.0 Å². The molecule has 0 aliphatic carbocycles. The highest BCUT2D eigenvalue weighted by atomic mass is 32.2. The molecule has 2 aliphatic heterocycles. The molecule has 2 saturated heterocycles. The van der Waals surface area contributed by atoms with Gasteiger partial charge in [-0.3, -0.25) is 0 Å². The molecule has 0 aromatic heterocycles. The smallest absolute Gasteiger partial charge is 0.243 e. The van der Waals surface area contributed by atoms with Crippen LogP contribution in [0.15, 0.2) is 29.2 Å². The third-order valence-electron chi connectivity index (χ3n) is 4.29. The molecule has 1 aromatic carbocycles. The van der Waals surface area contributed by atoms with Crippen LogP contribution in [0.25, 0.3) is 0 Å².